The van der Waals surface area contributed by atoms with Crippen LogP contribution in [0.15, 0.2) is 67.1 Å². The minimum absolute atomic E-state index is 0.333. The van der Waals surface area contributed by atoms with Gasteiger partial charge in [-0.1, -0.05) is 24.3 Å². The second-order valence-electron chi connectivity index (χ2n) is 3.69. The highest BCUT2D eigenvalue weighted by atomic mass is 16.1. The molecule has 98 valence electrons. The Hall–Kier alpha value is -2.62. The van der Waals surface area contributed by atoms with E-state index in [1.54, 1.807) is 0 Å². The van der Waals surface area contributed by atoms with Gasteiger partial charge in [0.25, 0.3) is 0 Å². The fraction of sp³-hybridized carbons (Fsp3) is 0.0667. The number of hydrogen-bond donors (Lipinski definition) is 2. The van der Waals surface area contributed by atoms with Crippen molar-refractivity contribution in [2.45, 2.75) is 6.92 Å². The van der Waals surface area contributed by atoms with Crippen LogP contribution in [-0.2, 0) is 4.79 Å². The van der Waals surface area contributed by atoms with Gasteiger partial charge in [0.05, 0.1) is 5.52 Å². The molecule has 1 amide bonds. The van der Waals surface area contributed by atoms with Crippen LogP contribution in [0.25, 0.3) is 10.9 Å². The number of H-pyrrole nitrogens is 1. The van der Waals surface area contributed by atoms with Crippen LogP contribution < -0.4 is 5.73 Å². The Labute approximate surface area is 112 Å². The molecule has 3 aromatic rings. The van der Waals surface area contributed by atoms with Gasteiger partial charge in [0.1, 0.15) is 0 Å². The Morgan fingerprint density at radius 2 is 1.63 bits per heavy atom. The van der Waals surface area contributed by atoms with Crippen LogP contribution in [0, 0.1) is 0 Å². The number of aromatic nitrogens is 2. The molecule has 0 spiro atoms. The number of para-hydroxylation sites is 1. The number of aromatic amines is 1. The van der Waals surface area contributed by atoms with Crippen molar-refractivity contribution in [3.63, 3.8) is 0 Å². The van der Waals surface area contributed by atoms with Gasteiger partial charge < -0.3 is 10.7 Å². The predicted molar refractivity (Wildman–Crippen MR) is 77.4 cm³/mol. The van der Waals surface area contributed by atoms with Gasteiger partial charge in [-0.3, -0.25) is 9.78 Å². The zero-order valence-corrected chi connectivity index (χ0v) is 10.8. The molecule has 0 saturated heterocycles. The number of hydrogen-bond acceptors (Lipinski definition) is 2. The number of carbonyl (C=O) groups excluding carboxylic acids is 1. The van der Waals surface area contributed by atoms with E-state index in [0.29, 0.717) is 0 Å². The van der Waals surface area contributed by atoms with Gasteiger partial charge >= 0.3 is 0 Å². The van der Waals surface area contributed by atoms with E-state index in [-0.39, 0.29) is 5.91 Å². The molecule has 0 fully saturated rings. The molecule has 0 aliphatic carbocycles. The molecule has 0 aliphatic rings. The third-order valence-corrected chi connectivity index (χ3v) is 2.01. The summed E-state index contributed by atoms with van der Waals surface area (Å²) in [6.07, 6.45) is 5.56. The van der Waals surface area contributed by atoms with Gasteiger partial charge in [-0.25, -0.2) is 0 Å². The average molecular weight is 255 g/mol. The molecular formula is C15H17N3O. The Balaban J connectivity index is 0.000000169. The minimum atomic E-state index is -0.333. The molecule has 3 rings (SSSR count). The van der Waals surface area contributed by atoms with Crippen molar-refractivity contribution in [3.8, 4) is 0 Å². The molecule has 1 aromatic carbocycles. The summed E-state index contributed by atoms with van der Waals surface area (Å²) >= 11 is 0. The number of primary amides is 1. The lowest BCUT2D eigenvalue weighted by molar-refractivity contribution is -0.115. The second kappa shape index (κ2) is 8.47. The van der Waals surface area contributed by atoms with Crippen LogP contribution in [0.2, 0.25) is 0 Å². The zero-order chi connectivity index (χ0) is 13.9. The Morgan fingerprint density at radius 3 is 2.16 bits per heavy atom. The first-order chi connectivity index (χ1) is 9.20. The molecule has 4 nitrogen and oxygen atoms in total. The highest BCUT2D eigenvalue weighted by Crippen LogP contribution is 2.07. The Morgan fingerprint density at radius 1 is 1.05 bits per heavy atom. The predicted octanol–water partition coefficient (Wildman–Crippen LogP) is 2.74. The summed E-state index contributed by atoms with van der Waals surface area (Å²) in [5.41, 5.74) is 5.53. The van der Waals surface area contributed by atoms with Crippen LogP contribution in [0.3, 0.4) is 0 Å². The van der Waals surface area contributed by atoms with Gasteiger partial charge in [-0.05, 0) is 24.3 Å². The van der Waals surface area contributed by atoms with Gasteiger partial charge in [-0.15, -0.1) is 0 Å². The Bertz CT molecular complexity index is 504. The van der Waals surface area contributed by atoms with Crippen molar-refractivity contribution in [2.24, 2.45) is 5.73 Å². The summed E-state index contributed by atoms with van der Waals surface area (Å²) in [6.45, 7) is 1.31. The van der Waals surface area contributed by atoms with E-state index in [9.17, 15) is 4.79 Å². The zero-order valence-electron chi connectivity index (χ0n) is 10.8. The molecule has 2 heterocycles. The summed E-state index contributed by atoms with van der Waals surface area (Å²) in [7, 11) is 0. The molecule has 0 saturated carbocycles. The van der Waals surface area contributed by atoms with E-state index in [4.69, 9.17) is 0 Å². The molecule has 0 bridgehead atoms. The largest absolute Gasteiger partial charge is 0.370 e. The number of amides is 1. The lowest BCUT2D eigenvalue weighted by atomic mass is 10.2. The van der Waals surface area contributed by atoms with Gasteiger partial charge in [0, 0.05) is 30.9 Å². The van der Waals surface area contributed by atoms with E-state index < -0.39 is 0 Å². The van der Waals surface area contributed by atoms with Crippen molar-refractivity contribution in [1.29, 1.82) is 0 Å². The molecule has 2 aromatic heterocycles. The highest BCUT2D eigenvalue weighted by Gasteiger charge is 1.86. The number of nitrogens with one attached hydrogen (secondary N) is 1. The SMILES string of the molecule is CC(N)=O.c1cc[nH]c1.c1ccc2ncccc2c1. The topological polar surface area (TPSA) is 71.8 Å². The molecule has 0 aliphatic heterocycles. The molecule has 0 radical (unpaired) electrons. The molecule has 4 heteroatoms. The number of fused-ring (bicyclic) bond motifs is 1. The summed E-state index contributed by atoms with van der Waals surface area (Å²) in [6, 6.07) is 16.0. The Kier molecular flexibility index (Phi) is 6.44. The number of rotatable bonds is 0. The van der Waals surface area contributed by atoms with Gasteiger partial charge in [0.2, 0.25) is 5.91 Å². The third-order valence-electron chi connectivity index (χ3n) is 2.01. The van der Waals surface area contributed by atoms with E-state index >= 15 is 0 Å². The lowest BCUT2D eigenvalue weighted by Crippen LogP contribution is -2.01. The number of nitrogens with two attached hydrogens (primary N) is 1. The monoisotopic (exact) mass is 255 g/mol. The van der Waals surface area contributed by atoms with Crippen molar-refractivity contribution < 1.29 is 4.79 Å². The van der Waals surface area contributed by atoms with E-state index in [0.717, 1.165) is 5.52 Å². The van der Waals surface area contributed by atoms with Crippen molar-refractivity contribution in [1.82, 2.24) is 9.97 Å². The summed E-state index contributed by atoms with van der Waals surface area (Å²) in [4.78, 5) is 16.3. The quantitative estimate of drug-likeness (QED) is 0.648. The van der Waals surface area contributed by atoms with Crippen LogP contribution in [-0.4, -0.2) is 15.9 Å². The number of carbonyl (C=O) groups is 1. The molecule has 19 heavy (non-hydrogen) atoms. The minimum Gasteiger partial charge on any atom is -0.370 e. The first-order valence-corrected chi connectivity index (χ1v) is 5.83. The average Bonchev–Trinajstić information content (AvgIpc) is 2.97. The fourth-order valence-corrected chi connectivity index (χ4v) is 1.29. The number of pyridine rings is 1. The fourth-order valence-electron chi connectivity index (χ4n) is 1.29. The number of benzene rings is 1. The van der Waals surface area contributed by atoms with Crippen LogP contribution in [0.4, 0.5) is 0 Å². The number of nitrogens with zero attached hydrogens (tertiary/aromatic N) is 1. The van der Waals surface area contributed by atoms with Crippen molar-refractivity contribution >= 4 is 16.8 Å². The first-order valence-electron chi connectivity index (χ1n) is 5.83. The molecule has 0 unspecified atom stereocenters. The highest BCUT2D eigenvalue weighted by molar-refractivity contribution is 5.77. The standard InChI is InChI=1S/C9H7N.C4H5N.C2H5NO/c1-2-6-9-8(4-1)5-3-7-10-9;1-2-4-5-3-1;1-2(3)4/h1-7H;1-5H;1H3,(H2,3,4). The van der Waals surface area contributed by atoms with E-state index in [1.807, 2.05) is 55.0 Å². The molecule has 3 N–H and O–H groups in total. The van der Waals surface area contributed by atoms with Crippen LogP contribution >= 0.6 is 0 Å². The maximum atomic E-state index is 9.22. The van der Waals surface area contributed by atoms with Crippen LogP contribution in [0.1, 0.15) is 6.92 Å². The molecular weight excluding hydrogens is 238 g/mol. The lowest BCUT2D eigenvalue weighted by Gasteiger charge is -1.91. The normalized spacial score (nSPS) is 8.68. The first kappa shape index (κ1) is 14.4. The second-order valence-corrected chi connectivity index (χ2v) is 3.69. The maximum absolute atomic E-state index is 9.22. The third kappa shape index (κ3) is 6.63. The van der Waals surface area contributed by atoms with Crippen molar-refractivity contribution in [2.75, 3.05) is 0 Å². The maximum Gasteiger partial charge on any atom is 0.214 e. The summed E-state index contributed by atoms with van der Waals surface area (Å²) in [5.74, 6) is -0.333. The smallest absolute Gasteiger partial charge is 0.214 e. The van der Waals surface area contributed by atoms with Crippen molar-refractivity contribution in [3.05, 3.63) is 67.1 Å². The van der Waals surface area contributed by atoms with E-state index in [1.165, 1.54) is 12.3 Å². The molecule has 0 atom stereocenters. The van der Waals surface area contributed by atoms with Gasteiger partial charge in [0.15, 0.2) is 0 Å². The van der Waals surface area contributed by atoms with E-state index in [2.05, 4.69) is 27.8 Å². The summed E-state index contributed by atoms with van der Waals surface area (Å²) < 4.78 is 0. The van der Waals surface area contributed by atoms with Crippen LogP contribution in [0.5, 0.6) is 0 Å². The van der Waals surface area contributed by atoms with Gasteiger partial charge in [-0.2, -0.15) is 0 Å². The summed E-state index contributed by atoms with van der Waals surface area (Å²) in [5, 5.41) is 1.20.